The average Bonchev–Trinajstić information content (AvgIpc) is 3.28. The highest BCUT2D eigenvalue weighted by atomic mass is 32.2. The van der Waals surface area contributed by atoms with Gasteiger partial charge in [0.15, 0.2) is 0 Å². The molecule has 2 atom stereocenters. The molecule has 0 spiro atoms. The largest absolute Gasteiger partial charge is 0.370 e. The third kappa shape index (κ3) is 6.86. The van der Waals surface area contributed by atoms with Gasteiger partial charge < -0.3 is 16.0 Å². The zero-order valence-corrected chi connectivity index (χ0v) is 23.8. The van der Waals surface area contributed by atoms with Crippen LogP contribution < -0.4 is 20.3 Å². The maximum absolute atomic E-state index is 13.2. The van der Waals surface area contributed by atoms with Crippen LogP contribution in [-0.2, 0) is 19.8 Å². The van der Waals surface area contributed by atoms with Crippen LogP contribution in [0.4, 0.5) is 17.1 Å². The molecular formula is C27H39N5O4S2. The fourth-order valence-corrected chi connectivity index (χ4v) is 6.89. The Labute approximate surface area is 226 Å². The van der Waals surface area contributed by atoms with Crippen molar-refractivity contribution in [3.8, 4) is 0 Å². The molecule has 9 nitrogen and oxygen atoms in total. The number of nitrogens with two attached hydrogens (primary N) is 1. The molecule has 1 saturated heterocycles. The first-order valence-electron chi connectivity index (χ1n) is 13.2. The first kappa shape index (κ1) is 28.4. The van der Waals surface area contributed by atoms with Crippen molar-refractivity contribution < 1.29 is 17.4 Å². The van der Waals surface area contributed by atoms with Gasteiger partial charge in [-0.25, -0.2) is 17.4 Å². The van der Waals surface area contributed by atoms with E-state index in [1.807, 2.05) is 0 Å². The number of nitrogens with one attached hydrogen (secondary N) is 2. The van der Waals surface area contributed by atoms with Crippen LogP contribution in [0.1, 0.15) is 55.3 Å². The lowest BCUT2D eigenvalue weighted by Gasteiger charge is -2.25. The molecule has 1 aliphatic carbocycles. The van der Waals surface area contributed by atoms with Gasteiger partial charge in [0.05, 0.1) is 27.2 Å². The van der Waals surface area contributed by atoms with Gasteiger partial charge in [0, 0.05) is 48.2 Å². The van der Waals surface area contributed by atoms with Crippen LogP contribution in [0.15, 0.2) is 47.4 Å². The van der Waals surface area contributed by atoms with Gasteiger partial charge in [0.1, 0.15) is 0 Å². The lowest BCUT2D eigenvalue weighted by atomic mass is 9.82. The molecule has 2 aliphatic rings. The minimum absolute atomic E-state index is 0.0581. The van der Waals surface area contributed by atoms with Gasteiger partial charge in [-0.2, -0.15) is 0 Å². The summed E-state index contributed by atoms with van der Waals surface area (Å²) in [6.45, 7) is 1.43. The van der Waals surface area contributed by atoms with E-state index < -0.39 is 25.7 Å². The number of nitrogens with zero attached hydrogens (tertiary/aromatic N) is 2. The van der Waals surface area contributed by atoms with Gasteiger partial charge in [-0.05, 0) is 61.2 Å². The van der Waals surface area contributed by atoms with Crippen LogP contribution >= 0.6 is 0 Å². The van der Waals surface area contributed by atoms with Gasteiger partial charge in [-0.15, -0.1) is 0 Å². The molecular weight excluding hydrogens is 522 g/mol. The van der Waals surface area contributed by atoms with E-state index in [9.17, 15) is 17.4 Å². The summed E-state index contributed by atoms with van der Waals surface area (Å²) in [7, 11) is -5.09. The van der Waals surface area contributed by atoms with Gasteiger partial charge in [-0.3, -0.25) is 9.10 Å². The molecule has 4 N–H and O–H groups in total. The lowest BCUT2D eigenvalue weighted by molar-refractivity contribution is 0.102. The van der Waals surface area contributed by atoms with Gasteiger partial charge in [0.2, 0.25) is 10.0 Å². The van der Waals surface area contributed by atoms with Crippen molar-refractivity contribution in [3.05, 3.63) is 48.0 Å². The summed E-state index contributed by atoms with van der Waals surface area (Å²) < 4.78 is 47.1. The second kappa shape index (κ2) is 11.6. The van der Waals surface area contributed by atoms with E-state index in [0.29, 0.717) is 22.9 Å². The molecule has 4 rings (SSSR count). The monoisotopic (exact) mass is 561 g/mol. The Bertz CT molecular complexity index is 1360. The Hall–Kier alpha value is -2.63. The highest BCUT2D eigenvalue weighted by Crippen LogP contribution is 2.32. The maximum atomic E-state index is 13.2. The van der Waals surface area contributed by atoms with Gasteiger partial charge in [0.25, 0.3) is 5.91 Å². The summed E-state index contributed by atoms with van der Waals surface area (Å²) in [4.78, 5) is 15.8. The van der Waals surface area contributed by atoms with Crippen molar-refractivity contribution in [3.63, 3.8) is 0 Å². The zero-order valence-electron chi connectivity index (χ0n) is 22.2. The minimum atomic E-state index is -3.61. The fraction of sp³-hybridized carbons (Fsp3) is 0.519. The third-order valence-electron chi connectivity index (χ3n) is 7.66. The lowest BCUT2D eigenvalue weighted by Crippen LogP contribution is -2.29. The first-order valence-corrected chi connectivity index (χ1v) is 16.8. The van der Waals surface area contributed by atoms with Crippen molar-refractivity contribution in [2.75, 3.05) is 46.7 Å². The summed E-state index contributed by atoms with van der Waals surface area (Å²) in [5.74, 6) is 0.684. The minimum Gasteiger partial charge on any atom is -0.370 e. The molecule has 38 heavy (non-hydrogen) atoms. The highest BCUT2D eigenvalue weighted by molar-refractivity contribution is 7.92. The summed E-state index contributed by atoms with van der Waals surface area (Å²) in [5, 5.41) is 2.81. The van der Waals surface area contributed by atoms with Crippen LogP contribution in [0.3, 0.4) is 0 Å². The quantitative estimate of drug-likeness (QED) is 0.351. The molecule has 1 amide bonds. The highest BCUT2D eigenvalue weighted by Gasteiger charge is 2.25. The Kier molecular flexibility index (Phi) is 8.68. The molecule has 1 aliphatic heterocycles. The van der Waals surface area contributed by atoms with E-state index >= 15 is 0 Å². The Balaban J connectivity index is 1.46. The van der Waals surface area contributed by atoms with E-state index in [4.69, 9.17) is 10.5 Å². The number of hydrogen-bond acceptors (Lipinski definition) is 7. The van der Waals surface area contributed by atoms with Crippen LogP contribution in [0.25, 0.3) is 0 Å². The number of benzene rings is 2. The van der Waals surface area contributed by atoms with Gasteiger partial charge in [-0.1, -0.05) is 32.1 Å². The number of rotatable bonds is 11. The number of unbranched alkanes of at least 4 members (excludes halogenated alkanes) is 1. The van der Waals surface area contributed by atoms with Crippen LogP contribution in [0.5, 0.6) is 0 Å². The number of amides is 1. The molecule has 1 heterocycles. The summed E-state index contributed by atoms with van der Waals surface area (Å²) in [6.07, 6.45) is 8.79. The number of sulfonamides is 1. The Morgan fingerprint density at radius 2 is 1.82 bits per heavy atom. The van der Waals surface area contributed by atoms with Crippen LogP contribution in [0.2, 0.25) is 0 Å². The smallest absolute Gasteiger partial charge is 0.257 e. The normalized spacial score (nSPS) is 19.6. The van der Waals surface area contributed by atoms with Gasteiger partial charge >= 0.3 is 0 Å². The van der Waals surface area contributed by atoms with Crippen LogP contribution in [0, 0.1) is 10.7 Å². The van der Waals surface area contributed by atoms with E-state index in [1.165, 1.54) is 26.3 Å². The number of carbonyl (C=O) groups is 1. The predicted molar refractivity (Wildman–Crippen MR) is 154 cm³/mol. The molecule has 1 saturated carbocycles. The van der Waals surface area contributed by atoms with Crippen molar-refractivity contribution in [1.82, 2.24) is 0 Å². The van der Waals surface area contributed by atoms with E-state index in [0.717, 1.165) is 54.4 Å². The molecule has 2 aromatic carbocycles. The third-order valence-corrected chi connectivity index (χ3v) is 10.8. The number of hydrogen-bond donors (Lipinski definition) is 3. The molecule has 1 unspecified atom stereocenters. The molecule has 0 radical (unpaired) electrons. The van der Waals surface area contributed by atoms with E-state index in [2.05, 4.69) is 10.2 Å². The van der Waals surface area contributed by atoms with E-state index in [1.54, 1.807) is 42.5 Å². The summed E-state index contributed by atoms with van der Waals surface area (Å²) >= 11 is 0. The average molecular weight is 562 g/mol. The molecule has 2 aromatic rings. The fourth-order valence-electron chi connectivity index (χ4n) is 4.96. The number of carbonyl (C=O) groups excluding carboxylic acids is 1. The topological polar surface area (TPSA) is 137 Å². The molecule has 208 valence electrons. The summed E-state index contributed by atoms with van der Waals surface area (Å²) in [5.41, 5.74) is 7.81. The molecule has 2 fully saturated rings. The molecule has 0 aromatic heterocycles. The second-order valence-corrected chi connectivity index (χ2v) is 14.8. The first-order chi connectivity index (χ1) is 17.9. The van der Waals surface area contributed by atoms with Crippen molar-refractivity contribution >= 4 is 42.7 Å². The number of anilines is 3. The maximum Gasteiger partial charge on any atom is 0.257 e. The second-order valence-electron chi connectivity index (χ2n) is 10.6. The van der Waals surface area contributed by atoms with E-state index in [-0.39, 0.29) is 17.3 Å². The van der Waals surface area contributed by atoms with Crippen molar-refractivity contribution in [2.24, 2.45) is 11.7 Å². The standard InChI is InChI=1S/C27H39N5O4S2/c1-31(37(2,34)35)26-18-23(32-16-15-21(28)19-32)11-14-25(26)27(33)30-22-9-12-24(13-10-22)38(29,36)17-4-3-6-20-7-5-8-20/h9-14,18,20-21,29H,3-8,15-17,19,28H2,1-2H3,(H,30,33)/t21-,38?/m1/s1. The zero-order chi connectivity index (χ0) is 27.5. The predicted octanol–water partition coefficient (Wildman–Crippen LogP) is 4.25. The van der Waals surface area contributed by atoms with Crippen LogP contribution in [-0.4, -0.2) is 56.7 Å². The Morgan fingerprint density at radius 1 is 1.11 bits per heavy atom. The summed E-state index contributed by atoms with van der Waals surface area (Å²) in [6, 6.07) is 11.7. The SMILES string of the molecule is CN(c1cc(N2CC[C@@H](N)C2)ccc1C(=O)Nc1ccc(S(=N)(=O)CCCCC2CCC2)cc1)S(C)(=O)=O. The van der Waals surface area contributed by atoms with Crippen molar-refractivity contribution in [1.29, 1.82) is 4.78 Å². The molecule has 11 heteroatoms. The van der Waals surface area contributed by atoms with Crippen molar-refractivity contribution in [2.45, 2.75) is 55.9 Å². The molecule has 0 bridgehead atoms. The Morgan fingerprint density at radius 3 is 2.39 bits per heavy atom.